The van der Waals surface area contributed by atoms with E-state index in [0.717, 1.165) is 19.4 Å². The topological polar surface area (TPSA) is 52.3 Å². The van der Waals surface area contributed by atoms with Gasteiger partial charge in [-0.25, -0.2) is 4.79 Å². The van der Waals surface area contributed by atoms with Gasteiger partial charge in [0.2, 0.25) is 0 Å². The van der Waals surface area contributed by atoms with Crippen LogP contribution in [0.25, 0.3) is 10.4 Å². The summed E-state index contributed by atoms with van der Waals surface area (Å²) >= 11 is 8.25. The molecule has 1 heterocycles. The van der Waals surface area contributed by atoms with Crippen molar-refractivity contribution >= 4 is 54.9 Å². The van der Waals surface area contributed by atoms with E-state index in [4.69, 9.17) is 10.5 Å². The summed E-state index contributed by atoms with van der Waals surface area (Å²) in [6.45, 7) is 5.50. The lowest BCUT2D eigenvalue weighted by Gasteiger charge is -2.18. The minimum absolute atomic E-state index is 0.384. The monoisotopic (exact) mass is 431 g/mol. The third-order valence-electron chi connectivity index (χ3n) is 2.49. The van der Waals surface area contributed by atoms with E-state index < -0.39 is 5.60 Å². The molecule has 0 aliphatic rings. The fraction of sp³-hybridized carbons (Fsp3) is 0.267. The number of ether oxygens (including phenoxy) is 1. The molecule has 6 heteroatoms. The van der Waals surface area contributed by atoms with Gasteiger partial charge in [-0.15, -0.1) is 11.3 Å². The van der Waals surface area contributed by atoms with Crippen molar-refractivity contribution in [3.63, 3.8) is 0 Å². The lowest BCUT2D eigenvalue weighted by atomic mass is 10.2. The first kappa shape index (κ1) is 16.5. The summed E-state index contributed by atoms with van der Waals surface area (Å²) in [4.78, 5) is 13.5. The molecule has 2 N–H and O–H groups in total. The number of thiophene rings is 1. The molecule has 1 aromatic carbocycles. The van der Waals surface area contributed by atoms with Crippen LogP contribution in [0.4, 0.5) is 5.69 Å². The molecule has 2 aromatic rings. The van der Waals surface area contributed by atoms with Gasteiger partial charge < -0.3 is 10.5 Å². The van der Waals surface area contributed by atoms with Crippen LogP contribution in [-0.4, -0.2) is 11.6 Å². The van der Waals surface area contributed by atoms with Gasteiger partial charge in [-0.2, -0.15) is 0 Å². The molecule has 0 aliphatic carbocycles. The van der Waals surface area contributed by atoms with E-state index in [1.54, 1.807) is 6.07 Å². The number of nitrogens with two attached hydrogens (primary N) is 1. The number of carbonyl (C=O) groups excluding carboxylic acids is 1. The van der Waals surface area contributed by atoms with E-state index in [-0.39, 0.29) is 5.97 Å². The molecule has 3 nitrogen and oxygen atoms in total. The number of carbonyl (C=O) groups is 1. The van der Waals surface area contributed by atoms with Crippen molar-refractivity contribution in [1.82, 2.24) is 0 Å². The molecule has 112 valence electrons. The van der Waals surface area contributed by atoms with Crippen LogP contribution in [0.3, 0.4) is 0 Å². The third kappa shape index (κ3) is 4.31. The predicted octanol–water partition coefficient (Wildman–Crippen LogP) is 5.48. The van der Waals surface area contributed by atoms with Gasteiger partial charge in [0.1, 0.15) is 10.5 Å². The molecular weight excluding hydrogens is 418 g/mol. The minimum Gasteiger partial charge on any atom is -0.456 e. The predicted molar refractivity (Wildman–Crippen MR) is 94.7 cm³/mol. The van der Waals surface area contributed by atoms with Crippen molar-refractivity contribution in [1.29, 1.82) is 0 Å². The Balaban J connectivity index is 2.37. The summed E-state index contributed by atoms with van der Waals surface area (Å²) in [5.41, 5.74) is 6.86. The van der Waals surface area contributed by atoms with Gasteiger partial charge in [0.05, 0.1) is 5.69 Å². The summed E-state index contributed by atoms with van der Waals surface area (Å²) in [6, 6.07) is 7.72. The van der Waals surface area contributed by atoms with Gasteiger partial charge in [0, 0.05) is 13.8 Å². The number of esters is 1. The largest absolute Gasteiger partial charge is 0.456 e. The molecule has 0 spiro atoms. The highest BCUT2D eigenvalue weighted by Crippen LogP contribution is 2.36. The summed E-state index contributed by atoms with van der Waals surface area (Å²) < 4.78 is 7.29. The maximum absolute atomic E-state index is 12.1. The van der Waals surface area contributed by atoms with Crippen LogP contribution in [0.15, 0.2) is 33.2 Å². The zero-order valence-electron chi connectivity index (χ0n) is 11.9. The molecule has 0 radical (unpaired) electrons. The Kier molecular flexibility index (Phi) is 4.80. The number of rotatable bonds is 2. The van der Waals surface area contributed by atoms with E-state index in [9.17, 15) is 4.79 Å². The Morgan fingerprint density at radius 3 is 2.24 bits per heavy atom. The fourth-order valence-electron chi connectivity index (χ4n) is 1.73. The van der Waals surface area contributed by atoms with Crippen molar-refractivity contribution in [2.75, 3.05) is 5.73 Å². The average Bonchev–Trinajstić information content (AvgIpc) is 2.68. The van der Waals surface area contributed by atoms with E-state index in [1.807, 2.05) is 39.0 Å². The van der Waals surface area contributed by atoms with Crippen LogP contribution < -0.4 is 5.73 Å². The van der Waals surface area contributed by atoms with Crippen LogP contribution in [-0.2, 0) is 4.74 Å². The average molecular weight is 433 g/mol. The first-order valence-corrected chi connectivity index (χ1v) is 8.65. The second-order valence-corrected chi connectivity index (χ2v) is 8.44. The molecule has 21 heavy (non-hydrogen) atoms. The smallest absolute Gasteiger partial charge is 0.350 e. The lowest BCUT2D eigenvalue weighted by molar-refractivity contribution is 0.00764. The zero-order chi connectivity index (χ0) is 15.8. The zero-order valence-corrected chi connectivity index (χ0v) is 15.9. The first-order chi connectivity index (χ1) is 9.65. The standard InChI is InChI=1S/C15H15Br2NO2S/c1-15(2,3)20-14(19)13-11(18)7-12(21-13)8-4-9(16)6-10(17)5-8/h4-7H,18H2,1-3H3. The number of halogens is 2. The number of anilines is 1. The molecule has 0 aliphatic heterocycles. The molecule has 0 amide bonds. The van der Waals surface area contributed by atoms with Gasteiger partial charge >= 0.3 is 5.97 Å². The Morgan fingerprint density at radius 2 is 1.71 bits per heavy atom. The van der Waals surface area contributed by atoms with Gasteiger partial charge in [0.15, 0.2) is 0 Å². The molecule has 2 rings (SSSR count). The molecule has 0 atom stereocenters. The van der Waals surface area contributed by atoms with Crippen molar-refractivity contribution in [2.45, 2.75) is 26.4 Å². The van der Waals surface area contributed by atoms with Crippen molar-refractivity contribution in [3.8, 4) is 10.4 Å². The van der Waals surface area contributed by atoms with Crippen LogP contribution in [0.1, 0.15) is 30.4 Å². The highest BCUT2D eigenvalue weighted by atomic mass is 79.9. The number of hydrogen-bond donors (Lipinski definition) is 1. The quantitative estimate of drug-likeness (QED) is 0.639. The highest BCUT2D eigenvalue weighted by Gasteiger charge is 2.22. The highest BCUT2D eigenvalue weighted by molar-refractivity contribution is 9.11. The SMILES string of the molecule is CC(C)(C)OC(=O)c1sc(-c2cc(Br)cc(Br)c2)cc1N. The third-order valence-corrected chi connectivity index (χ3v) is 4.59. The molecular formula is C15H15Br2NO2S. The van der Waals surface area contributed by atoms with E-state index >= 15 is 0 Å². The molecule has 0 fully saturated rings. The van der Waals surface area contributed by atoms with Crippen molar-refractivity contribution < 1.29 is 9.53 Å². The Morgan fingerprint density at radius 1 is 1.14 bits per heavy atom. The van der Waals surface area contributed by atoms with E-state index in [1.165, 1.54) is 11.3 Å². The fourth-order valence-corrected chi connectivity index (χ4v) is 3.96. The molecule has 1 aromatic heterocycles. The summed E-state index contributed by atoms with van der Waals surface area (Å²) in [5.74, 6) is -0.384. The molecule has 0 unspecified atom stereocenters. The van der Waals surface area contributed by atoms with Crippen molar-refractivity contribution in [2.24, 2.45) is 0 Å². The number of benzene rings is 1. The van der Waals surface area contributed by atoms with Gasteiger partial charge in [-0.3, -0.25) is 0 Å². The Hall–Kier alpha value is -0.850. The number of nitrogen functional groups attached to an aromatic ring is 1. The first-order valence-electron chi connectivity index (χ1n) is 6.25. The molecule has 0 saturated heterocycles. The summed E-state index contributed by atoms with van der Waals surface area (Å²) in [7, 11) is 0. The summed E-state index contributed by atoms with van der Waals surface area (Å²) in [6.07, 6.45) is 0. The van der Waals surface area contributed by atoms with Crippen LogP contribution in [0, 0.1) is 0 Å². The normalized spacial score (nSPS) is 11.5. The maximum atomic E-state index is 12.1. The Bertz CT molecular complexity index is 669. The van der Waals surface area contributed by atoms with E-state index in [0.29, 0.717) is 10.6 Å². The second kappa shape index (κ2) is 6.10. The van der Waals surface area contributed by atoms with Crippen LogP contribution in [0.5, 0.6) is 0 Å². The van der Waals surface area contributed by atoms with Crippen LogP contribution >= 0.6 is 43.2 Å². The van der Waals surface area contributed by atoms with Gasteiger partial charge in [-0.1, -0.05) is 31.9 Å². The minimum atomic E-state index is -0.535. The lowest BCUT2D eigenvalue weighted by Crippen LogP contribution is -2.23. The van der Waals surface area contributed by atoms with Crippen molar-refractivity contribution in [3.05, 3.63) is 38.1 Å². The van der Waals surface area contributed by atoms with Gasteiger partial charge in [0.25, 0.3) is 0 Å². The maximum Gasteiger partial charge on any atom is 0.350 e. The Labute approximate surface area is 144 Å². The second-order valence-electron chi connectivity index (χ2n) is 5.56. The van der Waals surface area contributed by atoms with Gasteiger partial charge in [-0.05, 0) is 50.6 Å². The van der Waals surface area contributed by atoms with Crippen LogP contribution in [0.2, 0.25) is 0 Å². The molecule has 0 bridgehead atoms. The summed E-state index contributed by atoms with van der Waals surface area (Å²) in [5, 5.41) is 0. The number of hydrogen-bond acceptors (Lipinski definition) is 4. The van der Waals surface area contributed by atoms with E-state index in [2.05, 4.69) is 31.9 Å². The molecule has 0 saturated carbocycles.